The predicted octanol–water partition coefficient (Wildman–Crippen LogP) is 3.15. The molecule has 0 saturated heterocycles. The van der Waals surface area contributed by atoms with E-state index in [2.05, 4.69) is 15.6 Å². The lowest BCUT2D eigenvalue weighted by Gasteiger charge is -2.06. The fraction of sp³-hybridized carbons (Fsp3) is 0.118. The standard InChI is InChI=1S/C17H15Cl2N5O/c18-13-6-3-4-11(8-13)10-24-16(20)15(22-23-24)17(25)21-9-12-5-1-2-7-14(12)19/h1-8H,9-10,20H2,(H,21,25). The normalized spacial score (nSPS) is 10.6. The number of hydrogen-bond acceptors (Lipinski definition) is 4. The number of nitrogens with two attached hydrogens (primary N) is 1. The number of nitrogens with one attached hydrogen (secondary N) is 1. The third-order valence-electron chi connectivity index (χ3n) is 3.61. The highest BCUT2D eigenvalue weighted by Crippen LogP contribution is 2.16. The first-order chi connectivity index (χ1) is 12.0. The molecule has 3 N–H and O–H groups in total. The number of nitrogens with zero attached hydrogens (tertiary/aromatic N) is 3. The summed E-state index contributed by atoms with van der Waals surface area (Å²) in [4.78, 5) is 12.3. The Labute approximate surface area is 154 Å². The van der Waals surface area contributed by atoms with Gasteiger partial charge in [0.1, 0.15) is 0 Å². The number of aromatic nitrogens is 3. The van der Waals surface area contributed by atoms with Gasteiger partial charge in [0.05, 0.1) is 6.54 Å². The number of anilines is 1. The first kappa shape index (κ1) is 17.3. The van der Waals surface area contributed by atoms with Crippen molar-refractivity contribution in [2.24, 2.45) is 0 Å². The molecule has 1 heterocycles. The maximum atomic E-state index is 12.3. The number of halogens is 2. The van der Waals surface area contributed by atoms with Crippen molar-refractivity contribution in [3.63, 3.8) is 0 Å². The molecule has 2 aromatic carbocycles. The number of hydrogen-bond donors (Lipinski definition) is 2. The summed E-state index contributed by atoms with van der Waals surface area (Å²) >= 11 is 12.0. The lowest BCUT2D eigenvalue weighted by atomic mass is 10.2. The second kappa shape index (κ2) is 7.55. The molecule has 0 aliphatic rings. The summed E-state index contributed by atoms with van der Waals surface area (Å²) in [6, 6.07) is 14.6. The van der Waals surface area contributed by atoms with Crippen LogP contribution in [0.15, 0.2) is 48.5 Å². The fourth-order valence-corrected chi connectivity index (χ4v) is 2.72. The lowest BCUT2D eigenvalue weighted by molar-refractivity contribution is 0.0947. The van der Waals surface area contributed by atoms with Gasteiger partial charge in [-0.25, -0.2) is 4.68 Å². The first-order valence-electron chi connectivity index (χ1n) is 7.49. The number of nitrogen functional groups attached to an aromatic ring is 1. The summed E-state index contributed by atoms with van der Waals surface area (Å²) in [6.07, 6.45) is 0. The highest BCUT2D eigenvalue weighted by molar-refractivity contribution is 6.31. The molecule has 0 atom stereocenters. The van der Waals surface area contributed by atoms with Crippen LogP contribution in [0.5, 0.6) is 0 Å². The minimum Gasteiger partial charge on any atom is -0.382 e. The van der Waals surface area contributed by atoms with Gasteiger partial charge in [-0.05, 0) is 29.3 Å². The molecule has 0 bridgehead atoms. The Morgan fingerprint density at radius 3 is 2.72 bits per heavy atom. The van der Waals surface area contributed by atoms with Crippen molar-refractivity contribution in [2.75, 3.05) is 5.73 Å². The van der Waals surface area contributed by atoms with Gasteiger partial charge in [0.2, 0.25) is 0 Å². The average Bonchev–Trinajstić information content (AvgIpc) is 2.95. The Kier molecular flexibility index (Phi) is 5.21. The van der Waals surface area contributed by atoms with Gasteiger partial charge in [0, 0.05) is 16.6 Å². The van der Waals surface area contributed by atoms with Gasteiger partial charge < -0.3 is 11.1 Å². The van der Waals surface area contributed by atoms with Crippen LogP contribution in [0.25, 0.3) is 0 Å². The van der Waals surface area contributed by atoms with Crippen molar-refractivity contribution in [3.8, 4) is 0 Å². The molecular weight excluding hydrogens is 361 g/mol. The number of rotatable bonds is 5. The summed E-state index contributed by atoms with van der Waals surface area (Å²) in [7, 11) is 0. The maximum Gasteiger partial charge on any atom is 0.275 e. The van der Waals surface area contributed by atoms with Crippen LogP contribution in [0.2, 0.25) is 10.0 Å². The predicted molar refractivity (Wildman–Crippen MR) is 97.6 cm³/mol. The average molecular weight is 376 g/mol. The summed E-state index contributed by atoms with van der Waals surface area (Å²) < 4.78 is 1.45. The number of benzene rings is 2. The fourth-order valence-electron chi connectivity index (χ4n) is 2.31. The minimum atomic E-state index is -0.408. The minimum absolute atomic E-state index is 0.0779. The van der Waals surface area contributed by atoms with E-state index in [4.69, 9.17) is 28.9 Å². The maximum absolute atomic E-state index is 12.3. The largest absolute Gasteiger partial charge is 0.382 e. The molecule has 8 heteroatoms. The molecule has 0 fully saturated rings. The lowest BCUT2D eigenvalue weighted by Crippen LogP contribution is -2.24. The summed E-state index contributed by atoms with van der Waals surface area (Å²) in [6.45, 7) is 0.649. The first-order valence-corrected chi connectivity index (χ1v) is 8.25. The van der Waals surface area contributed by atoms with Crippen molar-refractivity contribution in [1.29, 1.82) is 0 Å². The molecule has 3 rings (SSSR count). The van der Waals surface area contributed by atoms with Gasteiger partial charge >= 0.3 is 0 Å². The van der Waals surface area contributed by atoms with E-state index in [1.165, 1.54) is 4.68 Å². The quantitative estimate of drug-likeness (QED) is 0.716. The molecule has 0 aliphatic carbocycles. The molecule has 0 unspecified atom stereocenters. The van der Waals surface area contributed by atoms with Crippen molar-refractivity contribution < 1.29 is 4.79 Å². The highest BCUT2D eigenvalue weighted by atomic mass is 35.5. The molecule has 3 aromatic rings. The zero-order valence-electron chi connectivity index (χ0n) is 13.1. The van der Waals surface area contributed by atoms with E-state index in [-0.39, 0.29) is 18.1 Å². The van der Waals surface area contributed by atoms with E-state index in [0.717, 1.165) is 11.1 Å². The molecule has 0 radical (unpaired) electrons. The summed E-state index contributed by atoms with van der Waals surface area (Å²) in [5.74, 6) is -0.216. The molecule has 128 valence electrons. The molecule has 0 saturated carbocycles. The Bertz CT molecular complexity index is 910. The van der Waals surface area contributed by atoms with Gasteiger partial charge in [-0.3, -0.25) is 4.79 Å². The van der Waals surface area contributed by atoms with Crippen LogP contribution >= 0.6 is 23.2 Å². The third-order valence-corrected chi connectivity index (χ3v) is 4.21. The topological polar surface area (TPSA) is 85.8 Å². The second-order valence-corrected chi connectivity index (χ2v) is 6.23. The van der Waals surface area contributed by atoms with Crippen molar-refractivity contribution >= 4 is 34.9 Å². The molecule has 1 amide bonds. The molecule has 1 aromatic heterocycles. The Hall–Kier alpha value is -2.57. The monoisotopic (exact) mass is 375 g/mol. The Morgan fingerprint density at radius 2 is 1.96 bits per heavy atom. The van der Waals surface area contributed by atoms with Crippen LogP contribution in [-0.2, 0) is 13.1 Å². The van der Waals surface area contributed by atoms with Crippen LogP contribution in [0.1, 0.15) is 21.6 Å². The van der Waals surface area contributed by atoms with E-state index >= 15 is 0 Å². The van der Waals surface area contributed by atoms with E-state index in [1.807, 2.05) is 30.3 Å². The SMILES string of the molecule is Nc1c(C(=O)NCc2ccccc2Cl)nnn1Cc1cccc(Cl)c1. The summed E-state index contributed by atoms with van der Waals surface area (Å²) in [5.41, 5.74) is 7.80. The van der Waals surface area contributed by atoms with Crippen LogP contribution in [0.3, 0.4) is 0 Å². The smallest absolute Gasteiger partial charge is 0.275 e. The van der Waals surface area contributed by atoms with E-state index in [9.17, 15) is 4.79 Å². The van der Waals surface area contributed by atoms with Crippen molar-refractivity contribution in [1.82, 2.24) is 20.3 Å². The van der Waals surface area contributed by atoms with Gasteiger partial charge in [-0.2, -0.15) is 0 Å². The van der Waals surface area contributed by atoms with Crippen molar-refractivity contribution in [2.45, 2.75) is 13.1 Å². The second-order valence-electron chi connectivity index (χ2n) is 5.38. The van der Waals surface area contributed by atoms with Gasteiger partial charge in [0.25, 0.3) is 5.91 Å². The van der Waals surface area contributed by atoms with Crippen LogP contribution in [0, 0.1) is 0 Å². The third kappa shape index (κ3) is 4.10. The molecular formula is C17H15Cl2N5O. The summed E-state index contributed by atoms with van der Waals surface area (Å²) in [5, 5.41) is 11.8. The van der Waals surface area contributed by atoms with Crippen LogP contribution < -0.4 is 11.1 Å². The van der Waals surface area contributed by atoms with E-state index in [1.54, 1.807) is 18.2 Å². The van der Waals surface area contributed by atoms with Gasteiger partial charge in [-0.15, -0.1) is 5.10 Å². The van der Waals surface area contributed by atoms with Crippen LogP contribution in [0.4, 0.5) is 5.82 Å². The van der Waals surface area contributed by atoms with Gasteiger partial charge in [0.15, 0.2) is 11.5 Å². The number of carbonyl (C=O) groups is 1. The molecule has 0 spiro atoms. The van der Waals surface area contributed by atoms with Crippen molar-refractivity contribution in [3.05, 3.63) is 75.4 Å². The molecule has 6 nitrogen and oxygen atoms in total. The molecule has 25 heavy (non-hydrogen) atoms. The zero-order chi connectivity index (χ0) is 17.8. The Balaban J connectivity index is 1.70. The number of amides is 1. The van der Waals surface area contributed by atoms with Gasteiger partial charge in [-0.1, -0.05) is 58.7 Å². The number of carbonyl (C=O) groups excluding carboxylic acids is 1. The van der Waals surface area contributed by atoms with E-state index < -0.39 is 5.91 Å². The van der Waals surface area contributed by atoms with Crippen LogP contribution in [-0.4, -0.2) is 20.9 Å². The zero-order valence-corrected chi connectivity index (χ0v) is 14.6. The molecule has 0 aliphatic heterocycles. The van der Waals surface area contributed by atoms with E-state index in [0.29, 0.717) is 16.6 Å². The highest BCUT2D eigenvalue weighted by Gasteiger charge is 2.17. The Morgan fingerprint density at radius 1 is 1.16 bits per heavy atom.